The van der Waals surface area contributed by atoms with Crippen molar-refractivity contribution >= 4 is 17.2 Å². The molecule has 2 unspecified atom stereocenters. The molecule has 2 nitrogen and oxygen atoms in total. The second-order valence-electron chi connectivity index (χ2n) is 3.94. The summed E-state index contributed by atoms with van der Waals surface area (Å²) in [6, 6.07) is 4.20. The number of hydrogen-bond donors (Lipinski definition) is 1. The maximum atomic E-state index is 11.7. The van der Waals surface area contributed by atoms with Gasteiger partial charge in [0, 0.05) is 10.8 Å². The van der Waals surface area contributed by atoms with Crippen molar-refractivity contribution in [3.05, 3.63) is 22.4 Å². The van der Waals surface area contributed by atoms with E-state index in [-0.39, 0.29) is 17.9 Å². The summed E-state index contributed by atoms with van der Waals surface area (Å²) in [6.45, 7) is 6.12. The average Bonchev–Trinajstić information content (AvgIpc) is 2.70. The van der Waals surface area contributed by atoms with Crippen LogP contribution in [0.5, 0.6) is 0 Å². The summed E-state index contributed by atoms with van der Waals surface area (Å²) >= 11 is 1.68. The number of amides is 1. The molecule has 1 amide bonds. The van der Waals surface area contributed by atoms with Gasteiger partial charge in [-0.25, -0.2) is 0 Å². The van der Waals surface area contributed by atoms with E-state index >= 15 is 0 Å². The lowest BCUT2D eigenvalue weighted by atomic mass is 10.1. The van der Waals surface area contributed by atoms with Crippen LogP contribution in [0.25, 0.3) is 0 Å². The lowest BCUT2D eigenvalue weighted by molar-refractivity contribution is -0.125. The summed E-state index contributed by atoms with van der Waals surface area (Å²) in [5.41, 5.74) is 0. The minimum atomic E-state index is 0.123. The number of hydrogen-bond acceptors (Lipinski definition) is 2. The Kier molecular flexibility index (Phi) is 4.82. The summed E-state index contributed by atoms with van der Waals surface area (Å²) in [5, 5.41) is 5.07. The van der Waals surface area contributed by atoms with E-state index in [0.29, 0.717) is 0 Å². The second kappa shape index (κ2) is 5.91. The van der Waals surface area contributed by atoms with Crippen molar-refractivity contribution in [3.63, 3.8) is 0 Å². The molecule has 0 aromatic carbocycles. The molecule has 0 aliphatic rings. The summed E-state index contributed by atoms with van der Waals surface area (Å²) in [5.74, 6) is 0.287. The van der Waals surface area contributed by atoms with Crippen molar-refractivity contribution in [1.82, 2.24) is 5.32 Å². The van der Waals surface area contributed by atoms with Crippen molar-refractivity contribution in [2.24, 2.45) is 5.92 Å². The lowest BCUT2D eigenvalue weighted by Crippen LogP contribution is -2.31. The molecule has 0 radical (unpaired) electrons. The smallest absolute Gasteiger partial charge is 0.223 e. The Balaban J connectivity index is 2.44. The number of thiophene rings is 1. The van der Waals surface area contributed by atoms with E-state index < -0.39 is 0 Å². The van der Waals surface area contributed by atoms with Crippen LogP contribution in [-0.4, -0.2) is 5.91 Å². The van der Waals surface area contributed by atoms with Crippen molar-refractivity contribution < 1.29 is 4.79 Å². The molecule has 84 valence electrons. The largest absolute Gasteiger partial charge is 0.349 e. The number of carbonyl (C=O) groups excluding carboxylic acids is 1. The van der Waals surface area contributed by atoms with Gasteiger partial charge in [0.15, 0.2) is 0 Å². The SMILES string of the molecule is CCCC(C)C(=O)NC(C)c1cccs1. The molecule has 1 aromatic heterocycles. The van der Waals surface area contributed by atoms with Crippen molar-refractivity contribution in [2.45, 2.75) is 39.7 Å². The van der Waals surface area contributed by atoms with Crippen LogP contribution in [0.2, 0.25) is 0 Å². The zero-order valence-corrected chi connectivity index (χ0v) is 10.4. The summed E-state index contributed by atoms with van der Waals surface area (Å²) in [6.07, 6.45) is 2.02. The van der Waals surface area contributed by atoms with Gasteiger partial charge in [0.1, 0.15) is 0 Å². The quantitative estimate of drug-likeness (QED) is 0.818. The molecule has 1 N–H and O–H groups in total. The molecule has 3 heteroatoms. The van der Waals surface area contributed by atoms with Crippen LogP contribution in [0.1, 0.15) is 44.5 Å². The van der Waals surface area contributed by atoms with Crippen molar-refractivity contribution in [1.29, 1.82) is 0 Å². The highest BCUT2D eigenvalue weighted by Gasteiger charge is 2.15. The first-order valence-electron chi connectivity index (χ1n) is 5.49. The minimum absolute atomic E-state index is 0.123. The summed E-state index contributed by atoms with van der Waals surface area (Å²) in [7, 11) is 0. The molecule has 0 saturated carbocycles. The predicted octanol–water partition coefficient (Wildman–Crippen LogP) is 3.36. The third-order valence-electron chi connectivity index (χ3n) is 2.50. The molecule has 1 rings (SSSR count). The Labute approximate surface area is 95.7 Å². The fourth-order valence-corrected chi connectivity index (χ4v) is 2.26. The van der Waals surface area contributed by atoms with Crippen LogP contribution in [0.15, 0.2) is 17.5 Å². The van der Waals surface area contributed by atoms with Crippen LogP contribution in [0.4, 0.5) is 0 Å². The zero-order chi connectivity index (χ0) is 11.3. The number of carbonyl (C=O) groups is 1. The fourth-order valence-electron chi connectivity index (χ4n) is 1.53. The molecular formula is C12H19NOS. The van der Waals surface area contributed by atoms with Crippen LogP contribution < -0.4 is 5.32 Å². The van der Waals surface area contributed by atoms with Gasteiger partial charge in [-0.2, -0.15) is 0 Å². The van der Waals surface area contributed by atoms with E-state index in [1.807, 2.05) is 25.3 Å². The van der Waals surface area contributed by atoms with Gasteiger partial charge in [0.25, 0.3) is 0 Å². The molecule has 0 bridgehead atoms. The standard InChI is InChI=1S/C12H19NOS/c1-4-6-9(2)12(14)13-10(3)11-7-5-8-15-11/h5,7-10H,4,6H2,1-3H3,(H,13,14). The Morgan fingerprint density at radius 2 is 2.27 bits per heavy atom. The molecule has 15 heavy (non-hydrogen) atoms. The van der Waals surface area contributed by atoms with Crippen LogP contribution in [0.3, 0.4) is 0 Å². The lowest BCUT2D eigenvalue weighted by Gasteiger charge is -2.16. The maximum absolute atomic E-state index is 11.7. The van der Waals surface area contributed by atoms with Gasteiger partial charge >= 0.3 is 0 Å². The molecule has 0 spiro atoms. The van der Waals surface area contributed by atoms with E-state index in [9.17, 15) is 4.79 Å². The number of rotatable bonds is 5. The molecule has 1 heterocycles. The highest BCUT2D eigenvalue weighted by atomic mass is 32.1. The molecule has 0 fully saturated rings. The minimum Gasteiger partial charge on any atom is -0.349 e. The van der Waals surface area contributed by atoms with Crippen LogP contribution in [0, 0.1) is 5.92 Å². The van der Waals surface area contributed by atoms with E-state index in [0.717, 1.165) is 12.8 Å². The Hall–Kier alpha value is -0.830. The normalized spacial score (nSPS) is 14.6. The van der Waals surface area contributed by atoms with E-state index in [1.165, 1.54) is 4.88 Å². The predicted molar refractivity (Wildman–Crippen MR) is 64.9 cm³/mol. The van der Waals surface area contributed by atoms with Crippen LogP contribution in [-0.2, 0) is 4.79 Å². The van der Waals surface area contributed by atoms with Crippen molar-refractivity contribution in [2.75, 3.05) is 0 Å². The van der Waals surface area contributed by atoms with Gasteiger partial charge in [0.2, 0.25) is 5.91 Å². The molecular weight excluding hydrogens is 206 g/mol. The zero-order valence-electron chi connectivity index (χ0n) is 9.62. The summed E-state index contributed by atoms with van der Waals surface area (Å²) < 4.78 is 0. The molecule has 0 aliphatic heterocycles. The first-order chi connectivity index (χ1) is 7.15. The first-order valence-corrected chi connectivity index (χ1v) is 6.37. The van der Waals surface area contributed by atoms with E-state index in [1.54, 1.807) is 11.3 Å². The van der Waals surface area contributed by atoms with Gasteiger partial charge in [-0.15, -0.1) is 11.3 Å². The molecule has 0 aliphatic carbocycles. The highest BCUT2D eigenvalue weighted by molar-refractivity contribution is 7.10. The second-order valence-corrected chi connectivity index (χ2v) is 4.91. The first kappa shape index (κ1) is 12.2. The maximum Gasteiger partial charge on any atom is 0.223 e. The van der Waals surface area contributed by atoms with Gasteiger partial charge in [-0.1, -0.05) is 26.3 Å². The molecule has 2 atom stereocenters. The van der Waals surface area contributed by atoms with Gasteiger partial charge in [-0.3, -0.25) is 4.79 Å². The third kappa shape index (κ3) is 3.67. The van der Waals surface area contributed by atoms with Gasteiger partial charge in [-0.05, 0) is 24.8 Å². The Morgan fingerprint density at radius 1 is 1.53 bits per heavy atom. The van der Waals surface area contributed by atoms with Gasteiger partial charge < -0.3 is 5.32 Å². The fraction of sp³-hybridized carbons (Fsp3) is 0.583. The highest BCUT2D eigenvalue weighted by Crippen LogP contribution is 2.18. The molecule has 1 aromatic rings. The van der Waals surface area contributed by atoms with Crippen molar-refractivity contribution in [3.8, 4) is 0 Å². The number of nitrogens with one attached hydrogen (secondary N) is 1. The Morgan fingerprint density at radius 3 is 2.80 bits per heavy atom. The van der Waals surface area contributed by atoms with Crippen LogP contribution >= 0.6 is 11.3 Å². The van der Waals surface area contributed by atoms with E-state index in [4.69, 9.17) is 0 Å². The van der Waals surface area contributed by atoms with E-state index in [2.05, 4.69) is 18.3 Å². The topological polar surface area (TPSA) is 29.1 Å². The Bertz CT molecular complexity index is 295. The molecule has 0 saturated heterocycles. The van der Waals surface area contributed by atoms with Gasteiger partial charge in [0.05, 0.1) is 6.04 Å². The summed E-state index contributed by atoms with van der Waals surface area (Å²) in [4.78, 5) is 12.9. The third-order valence-corrected chi connectivity index (χ3v) is 3.55. The average molecular weight is 225 g/mol. The monoisotopic (exact) mass is 225 g/mol.